The monoisotopic (exact) mass is 314 g/mol. The Balaban J connectivity index is 1.95. The lowest BCUT2D eigenvalue weighted by atomic mass is 10.1. The fourth-order valence-electron chi connectivity index (χ4n) is 2.72. The van der Waals surface area contributed by atoms with Crippen molar-refractivity contribution in [2.45, 2.75) is 33.0 Å². The first-order valence-electron chi connectivity index (χ1n) is 7.26. The van der Waals surface area contributed by atoms with E-state index < -0.39 is 0 Å². The minimum Gasteiger partial charge on any atom is -0.367 e. The van der Waals surface area contributed by atoms with Crippen molar-refractivity contribution in [1.82, 2.24) is 10.2 Å². The molecule has 0 bridgehead atoms. The molecular formula is C16H18N4OS. The van der Waals surface area contributed by atoms with Crippen LogP contribution >= 0.6 is 11.3 Å². The number of nitriles is 1. The highest BCUT2D eigenvalue weighted by atomic mass is 32.1. The maximum atomic E-state index is 9.50. The molecule has 5 nitrogen and oxygen atoms in total. The maximum Gasteiger partial charge on any atom is 0.169 e. The molecule has 0 saturated carbocycles. The largest absolute Gasteiger partial charge is 0.367 e. The third-order valence-electron chi connectivity index (χ3n) is 4.02. The second kappa shape index (κ2) is 6.03. The van der Waals surface area contributed by atoms with E-state index in [1.807, 2.05) is 20.8 Å². The molecular weight excluding hydrogens is 296 g/mol. The van der Waals surface area contributed by atoms with Crippen molar-refractivity contribution in [2.24, 2.45) is 0 Å². The number of aryl methyl sites for hydroxylation is 1. The van der Waals surface area contributed by atoms with E-state index in [1.165, 1.54) is 5.56 Å². The molecule has 0 aliphatic carbocycles. The SMILES string of the molecule is Cc1nnc(N2C[C@@H](C)O[C@@H](c3ccsc3)C2)c(C#N)c1C. The molecule has 22 heavy (non-hydrogen) atoms. The molecule has 1 aliphatic heterocycles. The number of rotatable bonds is 2. The maximum absolute atomic E-state index is 9.50. The average Bonchev–Trinajstić information content (AvgIpc) is 3.03. The molecule has 0 aromatic carbocycles. The number of anilines is 1. The molecule has 2 aromatic heterocycles. The zero-order valence-electron chi connectivity index (χ0n) is 12.9. The van der Waals surface area contributed by atoms with Crippen molar-refractivity contribution in [2.75, 3.05) is 18.0 Å². The second-order valence-corrected chi connectivity index (χ2v) is 6.40. The van der Waals surface area contributed by atoms with E-state index in [0.29, 0.717) is 24.5 Å². The molecule has 1 aliphatic rings. The Bertz CT molecular complexity index is 708. The summed E-state index contributed by atoms with van der Waals surface area (Å²) in [5.74, 6) is 0.668. The zero-order chi connectivity index (χ0) is 15.7. The summed E-state index contributed by atoms with van der Waals surface area (Å²) < 4.78 is 6.04. The lowest BCUT2D eigenvalue weighted by molar-refractivity contribution is -0.0174. The van der Waals surface area contributed by atoms with Crippen LogP contribution in [0.1, 0.15) is 35.4 Å². The first-order chi connectivity index (χ1) is 10.6. The number of hydrogen-bond donors (Lipinski definition) is 0. The first-order valence-corrected chi connectivity index (χ1v) is 8.21. The van der Waals surface area contributed by atoms with Gasteiger partial charge in [-0.3, -0.25) is 0 Å². The Morgan fingerprint density at radius 1 is 1.36 bits per heavy atom. The lowest BCUT2D eigenvalue weighted by Crippen LogP contribution is -2.43. The Labute approximate surface area is 134 Å². The summed E-state index contributed by atoms with van der Waals surface area (Å²) in [7, 11) is 0. The molecule has 3 rings (SSSR count). The fraction of sp³-hybridized carbons (Fsp3) is 0.438. The minimum atomic E-state index is 0.00459. The highest BCUT2D eigenvalue weighted by Gasteiger charge is 2.29. The predicted molar refractivity (Wildman–Crippen MR) is 86.0 cm³/mol. The van der Waals surface area contributed by atoms with E-state index >= 15 is 0 Å². The van der Waals surface area contributed by atoms with Gasteiger partial charge in [0, 0.05) is 6.54 Å². The van der Waals surface area contributed by atoms with Crippen LogP contribution in [-0.4, -0.2) is 29.4 Å². The Kier molecular flexibility index (Phi) is 4.10. The van der Waals surface area contributed by atoms with Gasteiger partial charge in [0.15, 0.2) is 5.82 Å². The van der Waals surface area contributed by atoms with Gasteiger partial charge in [0.25, 0.3) is 0 Å². The van der Waals surface area contributed by atoms with Gasteiger partial charge in [0.05, 0.1) is 18.3 Å². The molecule has 2 atom stereocenters. The normalized spacial score (nSPS) is 21.6. The fourth-order valence-corrected chi connectivity index (χ4v) is 3.42. The van der Waals surface area contributed by atoms with Crippen LogP contribution in [0.15, 0.2) is 16.8 Å². The summed E-state index contributed by atoms with van der Waals surface area (Å²) >= 11 is 1.66. The number of nitrogens with zero attached hydrogens (tertiary/aromatic N) is 4. The molecule has 1 fully saturated rings. The molecule has 0 unspecified atom stereocenters. The third kappa shape index (κ3) is 2.70. The summed E-state index contributed by atoms with van der Waals surface area (Å²) in [6, 6.07) is 4.37. The first kappa shape index (κ1) is 14.9. The van der Waals surface area contributed by atoms with Crippen molar-refractivity contribution in [3.8, 4) is 6.07 Å². The van der Waals surface area contributed by atoms with Gasteiger partial charge in [-0.1, -0.05) is 0 Å². The van der Waals surface area contributed by atoms with E-state index in [1.54, 1.807) is 11.3 Å². The highest BCUT2D eigenvalue weighted by molar-refractivity contribution is 7.07. The number of aromatic nitrogens is 2. The van der Waals surface area contributed by atoms with E-state index in [-0.39, 0.29) is 12.2 Å². The summed E-state index contributed by atoms with van der Waals surface area (Å²) in [6.07, 6.45) is 0.0820. The van der Waals surface area contributed by atoms with Crippen molar-refractivity contribution in [3.63, 3.8) is 0 Å². The highest BCUT2D eigenvalue weighted by Crippen LogP contribution is 2.31. The van der Waals surface area contributed by atoms with Gasteiger partial charge in [-0.15, -0.1) is 5.10 Å². The van der Waals surface area contributed by atoms with E-state index in [2.05, 4.69) is 38.0 Å². The molecule has 6 heteroatoms. The Morgan fingerprint density at radius 2 is 2.18 bits per heavy atom. The summed E-state index contributed by atoms with van der Waals surface area (Å²) in [5.41, 5.74) is 3.50. The molecule has 1 saturated heterocycles. The quantitative estimate of drug-likeness (QED) is 0.852. The van der Waals surface area contributed by atoms with Gasteiger partial charge in [-0.25, -0.2) is 0 Å². The topological polar surface area (TPSA) is 62.0 Å². The van der Waals surface area contributed by atoms with Gasteiger partial charge >= 0.3 is 0 Å². The van der Waals surface area contributed by atoms with E-state index in [0.717, 1.165) is 11.3 Å². The van der Waals surface area contributed by atoms with Crippen LogP contribution in [0.3, 0.4) is 0 Å². The van der Waals surface area contributed by atoms with Gasteiger partial charge in [-0.2, -0.15) is 21.7 Å². The average molecular weight is 314 g/mol. The smallest absolute Gasteiger partial charge is 0.169 e. The molecule has 0 amide bonds. The number of thiophene rings is 1. The van der Waals surface area contributed by atoms with Crippen molar-refractivity contribution in [1.29, 1.82) is 5.26 Å². The predicted octanol–water partition coefficient (Wildman–Crippen LogP) is 2.99. The van der Waals surface area contributed by atoms with Crippen LogP contribution in [0.4, 0.5) is 5.82 Å². The van der Waals surface area contributed by atoms with Gasteiger partial charge in [0.1, 0.15) is 17.7 Å². The van der Waals surface area contributed by atoms with Gasteiger partial charge < -0.3 is 9.64 Å². The molecule has 0 N–H and O–H groups in total. The molecule has 3 heterocycles. The van der Waals surface area contributed by atoms with E-state index in [9.17, 15) is 5.26 Å². The molecule has 114 valence electrons. The van der Waals surface area contributed by atoms with Crippen LogP contribution in [0.25, 0.3) is 0 Å². The zero-order valence-corrected chi connectivity index (χ0v) is 13.7. The molecule has 2 aromatic rings. The third-order valence-corrected chi connectivity index (χ3v) is 4.72. The van der Waals surface area contributed by atoms with Crippen LogP contribution in [0, 0.1) is 25.2 Å². The number of ether oxygens (including phenoxy) is 1. The van der Waals surface area contributed by atoms with Crippen LogP contribution in [-0.2, 0) is 4.74 Å². The summed E-state index contributed by atoms with van der Waals surface area (Å²) in [6.45, 7) is 7.25. The minimum absolute atomic E-state index is 0.00459. The van der Waals surface area contributed by atoms with Crippen LogP contribution < -0.4 is 4.90 Å². The van der Waals surface area contributed by atoms with Crippen molar-refractivity contribution < 1.29 is 4.74 Å². The van der Waals surface area contributed by atoms with Crippen molar-refractivity contribution >= 4 is 17.2 Å². The Hall–Kier alpha value is -1.97. The second-order valence-electron chi connectivity index (χ2n) is 5.62. The molecule has 0 spiro atoms. The molecule has 0 radical (unpaired) electrons. The van der Waals surface area contributed by atoms with Gasteiger partial charge in [0.2, 0.25) is 0 Å². The van der Waals surface area contributed by atoms with Crippen LogP contribution in [0.5, 0.6) is 0 Å². The number of morpholine rings is 1. The van der Waals surface area contributed by atoms with Crippen LogP contribution in [0.2, 0.25) is 0 Å². The summed E-state index contributed by atoms with van der Waals surface area (Å²) in [4.78, 5) is 2.12. The Morgan fingerprint density at radius 3 is 2.86 bits per heavy atom. The number of hydrogen-bond acceptors (Lipinski definition) is 6. The lowest BCUT2D eigenvalue weighted by Gasteiger charge is -2.37. The summed E-state index contributed by atoms with van der Waals surface area (Å²) in [5, 5.41) is 22.1. The standard InChI is InChI=1S/C16H18N4OS/c1-10-7-20(8-15(21-10)13-4-5-22-9-13)16-14(6-17)11(2)12(3)18-19-16/h4-5,9-10,15H,7-8H2,1-3H3/t10-,15-/m1/s1. The van der Waals surface area contributed by atoms with Crippen molar-refractivity contribution in [3.05, 3.63) is 39.2 Å². The van der Waals surface area contributed by atoms with E-state index in [4.69, 9.17) is 4.74 Å². The van der Waals surface area contributed by atoms with Gasteiger partial charge in [-0.05, 0) is 48.7 Å².